The predicted molar refractivity (Wildman–Crippen MR) is 228 cm³/mol. The molecule has 0 aliphatic carbocycles. The second-order valence-corrected chi connectivity index (χ2v) is 32.3. The van der Waals surface area contributed by atoms with Crippen LogP contribution in [-0.4, -0.2) is 80.4 Å². The molecule has 0 heterocycles. The van der Waals surface area contributed by atoms with Crippen LogP contribution < -0.4 is 25.7 Å². The number of anilines is 2. The van der Waals surface area contributed by atoms with E-state index >= 15 is 0 Å². The highest BCUT2D eigenvalue weighted by Crippen LogP contribution is 2.25. The lowest BCUT2D eigenvalue weighted by molar-refractivity contribution is 0.0683. The Morgan fingerprint density at radius 3 is 1.73 bits per heavy atom. The second kappa shape index (κ2) is 17.0. The zero-order valence-electron chi connectivity index (χ0n) is 33.2. The van der Waals surface area contributed by atoms with Gasteiger partial charge in [-0.1, -0.05) is 30.3 Å². The smallest absolute Gasteiger partial charge is 0.336 e. The molecule has 1 amide bonds. The van der Waals surface area contributed by atoms with Crippen molar-refractivity contribution in [1.82, 2.24) is 0 Å². The number of amides is 1. The van der Waals surface area contributed by atoms with Crippen molar-refractivity contribution >= 4 is 78.6 Å². The van der Waals surface area contributed by atoms with Gasteiger partial charge >= 0.3 is 11.9 Å². The molecule has 0 saturated carbocycles. The van der Waals surface area contributed by atoms with Gasteiger partial charge in [0.05, 0.1) is 16.7 Å². The van der Waals surface area contributed by atoms with Crippen molar-refractivity contribution in [2.24, 2.45) is 0 Å². The molecule has 0 fully saturated rings. The summed E-state index contributed by atoms with van der Waals surface area (Å²) in [6.07, 6.45) is 0.404. The fourth-order valence-corrected chi connectivity index (χ4v) is 22.9. The number of Topliss-reactive ketones (excluding diaryl/α,β-unsaturated/α-hetero) is 1. The van der Waals surface area contributed by atoms with Crippen LogP contribution in [-0.2, 0) is 14.3 Å². The van der Waals surface area contributed by atoms with Crippen LogP contribution in [0.3, 0.4) is 0 Å². The number of nitrogens with one attached hydrogen (secondary N) is 2. The predicted octanol–water partition coefficient (Wildman–Crippen LogP) is 7.25. The monoisotopic (exact) mass is 816 g/mol. The van der Waals surface area contributed by atoms with E-state index in [2.05, 4.69) is 49.0 Å². The summed E-state index contributed by atoms with van der Waals surface area (Å²) >= 11 is 0. The van der Waals surface area contributed by atoms with Crippen LogP contribution in [0.4, 0.5) is 11.4 Å². The molecule has 0 aliphatic rings. The molecule has 0 aliphatic heterocycles. The molecule has 292 valence electrons. The van der Waals surface area contributed by atoms with E-state index in [1.54, 1.807) is 48.5 Å². The van der Waals surface area contributed by atoms with Crippen molar-refractivity contribution in [2.45, 2.75) is 65.3 Å². The molecule has 55 heavy (non-hydrogen) atoms. The van der Waals surface area contributed by atoms with Gasteiger partial charge in [0.1, 0.15) is 12.0 Å². The normalized spacial score (nSPS) is 12.2. The quantitative estimate of drug-likeness (QED) is 0.0632. The van der Waals surface area contributed by atoms with Crippen molar-refractivity contribution in [1.29, 1.82) is 0 Å². The lowest BCUT2D eigenvalue weighted by atomic mass is 10.0. The van der Waals surface area contributed by atoms with E-state index in [1.165, 1.54) is 24.6 Å². The Balaban J connectivity index is 1.50. The fraction of sp³-hybridized carbons (Fsp3) is 0.300. The van der Waals surface area contributed by atoms with Gasteiger partial charge in [-0.2, -0.15) is 0 Å². The highest BCUT2D eigenvalue weighted by atomic mass is 28.4. The number of carbonyl (C=O) groups excluding carboxylic acids is 2. The van der Waals surface area contributed by atoms with E-state index in [-0.39, 0.29) is 28.0 Å². The van der Waals surface area contributed by atoms with Gasteiger partial charge in [-0.05, 0) is 130 Å². The summed E-state index contributed by atoms with van der Waals surface area (Å²) in [4.78, 5) is 50.1. The summed E-state index contributed by atoms with van der Waals surface area (Å²) in [5.41, 5.74) is 2.61. The Morgan fingerprint density at radius 2 is 1.16 bits per heavy atom. The largest absolute Gasteiger partial charge is 0.494 e. The number of carboxylic acids is 2. The molecule has 0 saturated heterocycles. The molecule has 11 nitrogen and oxygen atoms in total. The Morgan fingerprint density at radius 1 is 0.618 bits per heavy atom. The number of hydrogen-bond donors (Lipinski definition) is 4. The Hall–Kier alpha value is -4.65. The first-order chi connectivity index (χ1) is 25.5. The van der Waals surface area contributed by atoms with E-state index in [0.717, 1.165) is 16.9 Å². The number of rotatable bonds is 17. The minimum Gasteiger partial charge on any atom is -0.494 e. The SMILES string of the molecule is CNc1cccc(C[Si](C)(C)O[Si](C)(C)COc2cccc(NC(=O)c3cc([Si](C)(C)O[Si](C)(C)c4ccc(C(=O)O)c(C(C)=O)c4)ccc3C(=O)O)c2)c1. The maximum Gasteiger partial charge on any atom is 0.336 e. The van der Waals surface area contributed by atoms with Crippen LogP contribution in [0.2, 0.25) is 52.4 Å². The molecule has 4 aromatic rings. The van der Waals surface area contributed by atoms with Gasteiger partial charge in [-0.25, -0.2) is 9.59 Å². The van der Waals surface area contributed by atoms with Gasteiger partial charge in [0.2, 0.25) is 25.0 Å². The minimum absolute atomic E-state index is 0.0148. The molecular formula is C40H52N2O9Si4. The van der Waals surface area contributed by atoms with Gasteiger partial charge in [0, 0.05) is 30.1 Å². The fourth-order valence-electron chi connectivity index (χ4n) is 6.71. The molecule has 0 atom stereocenters. The van der Waals surface area contributed by atoms with Crippen molar-refractivity contribution < 1.29 is 42.4 Å². The third-order valence-electron chi connectivity index (χ3n) is 9.10. The van der Waals surface area contributed by atoms with E-state index in [0.29, 0.717) is 22.9 Å². The lowest BCUT2D eigenvalue weighted by Gasteiger charge is -2.35. The maximum atomic E-state index is 13.8. The summed E-state index contributed by atoms with van der Waals surface area (Å²) in [6, 6.07) is 25.6. The van der Waals surface area contributed by atoms with Gasteiger partial charge in [-0.15, -0.1) is 0 Å². The van der Waals surface area contributed by atoms with Gasteiger partial charge in [-0.3, -0.25) is 9.59 Å². The van der Waals surface area contributed by atoms with E-state index in [1.807, 2.05) is 45.4 Å². The highest BCUT2D eigenvalue weighted by molar-refractivity contribution is 6.97. The third kappa shape index (κ3) is 11.4. The molecule has 15 heteroatoms. The number of benzene rings is 4. The van der Waals surface area contributed by atoms with E-state index in [4.69, 9.17) is 13.0 Å². The average molecular weight is 817 g/mol. The molecule has 0 bridgehead atoms. The van der Waals surface area contributed by atoms with Gasteiger partial charge < -0.3 is 33.8 Å². The van der Waals surface area contributed by atoms with E-state index < -0.39 is 51.1 Å². The number of ketones is 1. The number of ether oxygens (including phenoxy) is 1. The first-order valence-corrected chi connectivity index (χ1v) is 30.0. The van der Waals surface area contributed by atoms with Crippen LogP contribution in [0.5, 0.6) is 5.75 Å². The molecule has 0 spiro atoms. The van der Waals surface area contributed by atoms with Gasteiger partial charge in [0.25, 0.3) is 5.91 Å². The Labute approximate surface area is 327 Å². The van der Waals surface area contributed by atoms with Crippen molar-refractivity contribution in [3.8, 4) is 5.75 Å². The molecule has 4 N–H and O–H groups in total. The van der Waals surface area contributed by atoms with Crippen LogP contribution in [0.1, 0.15) is 53.9 Å². The van der Waals surface area contributed by atoms with Gasteiger partial charge in [0.15, 0.2) is 14.1 Å². The number of aromatic carboxylic acids is 2. The Kier molecular flexibility index (Phi) is 13.3. The van der Waals surface area contributed by atoms with Crippen molar-refractivity contribution in [2.75, 3.05) is 23.9 Å². The summed E-state index contributed by atoms with van der Waals surface area (Å²) in [7, 11) is -8.03. The number of hydrogen-bond acceptors (Lipinski definition) is 8. The third-order valence-corrected chi connectivity index (χ3v) is 23.1. The maximum absolute atomic E-state index is 13.8. The number of carbonyl (C=O) groups is 4. The van der Waals surface area contributed by atoms with Crippen molar-refractivity contribution in [3.05, 3.63) is 113 Å². The molecule has 0 radical (unpaired) electrons. The number of carboxylic acid groups (broad SMARTS) is 2. The summed E-state index contributed by atoms with van der Waals surface area (Å²) in [6.45, 7) is 17.9. The zero-order chi connectivity index (χ0) is 40.9. The second-order valence-electron chi connectivity index (χ2n) is 15.8. The minimum atomic E-state index is -2.83. The summed E-state index contributed by atoms with van der Waals surface area (Å²) in [5.74, 6) is -2.83. The first-order valence-electron chi connectivity index (χ1n) is 18.0. The molecule has 4 aromatic carbocycles. The summed E-state index contributed by atoms with van der Waals surface area (Å²) in [5, 5.41) is 27.1. The highest BCUT2D eigenvalue weighted by Gasteiger charge is 2.38. The lowest BCUT2D eigenvalue weighted by Crippen LogP contribution is -2.58. The Bertz CT molecular complexity index is 2100. The molecule has 0 unspecified atom stereocenters. The molecule has 4 rings (SSSR count). The van der Waals surface area contributed by atoms with Crippen molar-refractivity contribution in [3.63, 3.8) is 0 Å². The molecular weight excluding hydrogens is 765 g/mol. The zero-order valence-corrected chi connectivity index (χ0v) is 37.2. The summed E-state index contributed by atoms with van der Waals surface area (Å²) < 4.78 is 19.9. The average Bonchev–Trinajstić information content (AvgIpc) is 3.09. The first kappa shape index (κ1) is 43.1. The topological polar surface area (TPSA) is 160 Å². The van der Waals surface area contributed by atoms with Crippen LogP contribution >= 0.6 is 0 Å². The standard InChI is InChI=1S/C40H52N2O9Si4/c1-27(43)36-23-32(17-19-34(36)39(45)46)54(7,8)51-55(9,10)33-18-20-35(40(47)48)37(24-33)38(44)42-30-15-12-16-31(22-30)49-26-53(5,6)50-52(3,4)25-28-13-11-14-29(21-28)41-2/h11-24,41H,25-26H2,1-10H3,(H,42,44)(H,45,46)(H,47,48). The molecule has 0 aromatic heterocycles. The van der Waals surface area contributed by atoms with Crippen LogP contribution in [0, 0.1) is 0 Å². The van der Waals surface area contributed by atoms with Crippen LogP contribution in [0.25, 0.3) is 0 Å². The van der Waals surface area contributed by atoms with Crippen LogP contribution in [0.15, 0.2) is 84.9 Å². The van der Waals surface area contributed by atoms with E-state index in [9.17, 15) is 29.4 Å².